The first-order valence-electron chi connectivity index (χ1n) is 8.12. The summed E-state index contributed by atoms with van der Waals surface area (Å²) in [6.45, 7) is 4.51. The molecule has 0 saturated heterocycles. The molecule has 122 valence electrons. The molecule has 0 fully saturated rings. The van der Waals surface area contributed by atoms with Gasteiger partial charge < -0.3 is 10.8 Å². The lowest BCUT2D eigenvalue weighted by Gasteiger charge is -2.35. The Balaban J connectivity index is 1.90. The molecule has 0 saturated carbocycles. The monoisotopic (exact) mass is 319 g/mol. The maximum atomic E-state index is 10.9. The Hall–Kier alpha value is -2.57. The Bertz CT molecular complexity index is 838. The number of benzene rings is 2. The Labute approximate surface area is 142 Å². The van der Waals surface area contributed by atoms with Gasteiger partial charge in [0, 0.05) is 17.2 Å². The summed E-state index contributed by atoms with van der Waals surface area (Å²) in [5, 5.41) is 8.92. The van der Waals surface area contributed by atoms with Crippen LogP contribution in [0.2, 0.25) is 0 Å². The highest BCUT2D eigenvalue weighted by atomic mass is 16.4. The minimum atomic E-state index is -0.930. The molecule has 3 N–H and O–H groups in total. The van der Waals surface area contributed by atoms with Crippen LogP contribution >= 0.6 is 0 Å². The van der Waals surface area contributed by atoms with Gasteiger partial charge in [-0.1, -0.05) is 31.8 Å². The van der Waals surface area contributed by atoms with Crippen LogP contribution in [0.1, 0.15) is 65.3 Å². The van der Waals surface area contributed by atoms with E-state index >= 15 is 0 Å². The molecule has 1 unspecified atom stereocenters. The summed E-state index contributed by atoms with van der Waals surface area (Å²) >= 11 is 0. The van der Waals surface area contributed by atoms with Gasteiger partial charge in [-0.2, -0.15) is 0 Å². The molecule has 1 atom stereocenters. The molecule has 3 rings (SSSR count). The van der Waals surface area contributed by atoms with Crippen LogP contribution in [0, 0.1) is 11.8 Å². The first-order valence-corrected chi connectivity index (χ1v) is 8.12. The fourth-order valence-corrected chi connectivity index (χ4v) is 3.21. The summed E-state index contributed by atoms with van der Waals surface area (Å²) in [5.41, 5.74) is 10.9. The van der Waals surface area contributed by atoms with Crippen molar-refractivity contribution in [1.29, 1.82) is 0 Å². The molecule has 0 radical (unpaired) electrons. The zero-order valence-corrected chi connectivity index (χ0v) is 14.0. The molecule has 24 heavy (non-hydrogen) atoms. The van der Waals surface area contributed by atoms with Gasteiger partial charge in [0.15, 0.2) is 0 Å². The van der Waals surface area contributed by atoms with Gasteiger partial charge in [-0.25, -0.2) is 4.79 Å². The second kappa shape index (κ2) is 6.14. The Morgan fingerprint density at radius 2 is 1.75 bits per heavy atom. The fourth-order valence-electron chi connectivity index (χ4n) is 3.21. The molecule has 0 amide bonds. The van der Waals surface area contributed by atoms with Crippen molar-refractivity contribution in [3.05, 3.63) is 70.3 Å². The van der Waals surface area contributed by atoms with E-state index < -0.39 is 5.97 Å². The fraction of sp³-hybridized carbons (Fsp3) is 0.286. The summed E-state index contributed by atoms with van der Waals surface area (Å²) in [6.07, 6.45) is 2.09. The van der Waals surface area contributed by atoms with Crippen LogP contribution in [0.5, 0.6) is 0 Å². The second-order valence-corrected chi connectivity index (χ2v) is 6.96. The van der Waals surface area contributed by atoms with Crippen LogP contribution in [0.15, 0.2) is 42.5 Å². The van der Waals surface area contributed by atoms with Crippen molar-refractivity contribution in [3.63, 3.8) is 0 Å². The van der Waals surface area contributed by atoms with E-state index in [1.165, 1.54) is 11.1 Å². The smallest absolute Gasteiger partial charge is 0.335 e. The SMILES string of the molecule is CC1(C)CCC(N)c2cc(C#Cc3ccc(C(=O)O)cc3)ccc21. The van der Waals surface area contributed by atoms with Gasteiger partial charge in [0.1, 0.15) is 0 Å². The number of carbonyl (C=O) groups is 1. The Morgan fingerprint density at radius 3 is 2.42 bits per heavy atom. The van der Waals surface area contributed by atoms with Crippen LogP contribution < -0.4 is 5.73 Å². The van der Waals surface area contributed by atoms with Crippen molar-refractivity contribution < 1.29 is 9.90 Å². The number of rotatable bonds is 1. The molecular formula is C21H21NO2. The zero-order valence-electron chi connectivity index (χ0n) is 14.0. The molecule has 3 nitrogen and oxygen atoms in total. The van der Waals surface area contributed by atoms with Crippen LogP contribution in [-0.4, -0.2) is 11.1 Å². The van der Waals surface area contributed by atoms with Gasteiger partial charge in [-0.05, 0) is 65.8 Å². The molecule has 2 aromatic carbocycles. The largest absolute Gasteiger partial charge is 0.478 e. The van der Waals surface area contributed by atoms with Crippen molar-refractivity contribution in [2.45, 2.75) is 38.1 Å². The minimum absolute atomic E-state index is 0.0737. The quantitative estimate of drug-likeness (QED) is 0.785. The highest BCUT2D eigenvalue weighted by Gasteiger charge is 2.30. The molecule has 0 bridgehead atoms. The van der Waals surface area contributed by atoms with E-state index in [9.17, 15) is 4.79 Å². The molecule has 1 aliphatic carbocycles. The summed E-state index contributed by atoms with van der Waals surface area (Å²) in [5.74, 6) is 5.31. The van der Waals surface area contributed by atoms with E-state index in [1.54, 1.807) is 24.3 Å². The third kappa shape index (κ3) is 3.20. The van der Waals surface area contributed by atoms with Gasteiger partial charge >= 0.3 is 5.97 Å². The van der Waals surface area contributed by atoms with Crippen molar-refractivity contribution in [2.24, 2.45) is 5.73 Å². The van der Waals surface area contributed by atoms with Gasteiger partial charge in [-0.15, -0.1) is 0 Å². The van der Waals surface area contributed by atoms with Gasteiger partial charge in [0.2, 0.25) is 0 Å². The topological polar surface area (TPSA) is 63.3 Å². The third-order valence-corrected chi connectivity index (χ3v) is 4.74. The number of aromatic carboxylic acids is 1. The first-order chi connectivity index (χ1) is 11.4. The van der Waals surface area contributed by atoms with Gasteiger partial charge in [0.25, 0.3) is 0 Å². The van der Waals surface area contributed by atoms with Gasteiger partial charge in [0.05, 0.1) is 5.56 Å². The zero-order chi connectivity index (χ0) is 17.3. The number of carboxylic acid groups (broad SMARTS) is 1. The maximum absolute atomic E-state index is 10.9. The average Bonchev–Trinajstić information content (AvgIpc) is 2.57. The first kappa shape index (κ1) is 16.3. The van der Waals surface area contributed by atoms with E-state index in [0.29, 0.717) is 0 Å². The van der Waals surface area contributed by atoms with E-state index in [-0.39, 0.29) is 17.0 Å². The molecule has 0 aliphatic heterocycles. The molecule has 0 heterocycles. The van der Waals surface area contributed by atoms with Crippen molar-refractivity contribution in [3.8, 4) is 11.8 Å². The lowest BCUT2D eigenvalue weighted by atomic mass is 9.71. The predicted octanol–water partition coefficient (Wildman–Crippen LogP) is 3.86. The number of nitrogens with two attached hydrogens (primary N) is 1. The second-order valence-electron chi connectivity index (χ2n) is 6.96. The molecular weight excluding hydrogens is 298 g/mol. The Morgan fingerprint density at radius 1 is 1.12 bits per heavy atom. The number of carboxylic acids is 1. The van der Waals surface area contributed by atoms with E-state index in [4.69, 9.17) is 10.8 Å². The van der Waals surface area contributed by atoms with E-state index in [1.807, 2.05) is 6.07 Å². The Kier molecular flexibility index (Phi) is 4.17. The molecule has 0 aromatic heterocycles. The molecule has 2 aromatic rings. The maximum Gasteiger partial charge on any atom is 0.335 e. The van der Waals surface area contributed by atoms with Crippen LogP contribution in [-0.2, 0) is 5.41 Å². The van der Waals surface area contributed by atoms with E-state index in [0.717, 1.165) is 24.0 Å². The van der Waals surface area contributed by atoms with Crippen molar-refractivity contribution in [2.75, 3.05) is 0 Å². The van der Waals surface area contributed by atoms with Crippen LogP contribution in [0.25, 0.3) is 0 Å². The van der Waals surface area contributed by atoms with Crippen molar-refractivity contribution >= 4 is 5.97 Å². The summed E-state index contributed by atoms with van der Waals surface area (Å²) in [6, 6.07) is 12.9. The number of fused-ring (bicyclic) bond motifs is 1. The minimum Gasteiger partial charge on any atom is -0.478 e. The van der Waals surface area contributed by atoms with Crippen LogP contribution in [0.3, 0.4) is 0 Å². The summed E-state index contributed by atoms with van der Waals surface area (Å²) in [7, 11) is 0. The lowest BCUT2D eigenvalue weighted by molar-refractivity contribution is 0.0697. The molecule has 0 spiro atoms. The number of hydrogen-bond donors (Lipinski definition) is 2. The lowest BCUT2D eigenvalue weighted by Crippen LogP contribution is -2.29. The van der Waals surface area contributed by atoms with E-state index in [2.05, 4.69) is 37.8 Å². The molecule has 3 heteroatoms. The normalized spacial score (nSPS) is 18.2. The highest BCUT2D eigenvalue weighted by molar-refractivity contribution is 5.87. The predicted molar refractivity (Wildman–Crippen MR) is 95.0 cm³/mol. The van der Waals surface area contributed by atoms with Crippen molar-refractivity contribution in [1.82, 2.24) is 0 Å². The van der Waals surface area contributed by atoms with Gasteiger partial charge in [-0.3, -0.25) is 0 Å². The van der Waals surface area contributed by atoms with Crippen LogP contribution in [0.4, 0.5) is 0 Å². The summed E-state index contributed by atoms with van der Waals surface area (Å²) in [4.78, 5) is 10.9. The number of hydrogen-bond acceptors (Lipinski definition) is 2. The summed E-state index contributed by atoms with van der Waals surface area (Å²) < 4.78 is 0. The average molecular weight is 319 g/mol. The third-order valence-electron chi connectivity index (χ3n) is 4.74. The standard InChI is InChI=1S/C21H21NO2/c1-21(2)12-11-19(22)17-13-15(7-10-18(17)21)4-3-14-5-8-16(9-6-14)20(23)24/h5-10,13,19H,11-12,22H2,1-2H3,(H,23,24). The molecule has 1 aliphatic rings. The highest BCUT2D eigenvalue weighted by Crippen LogP contribution is 2.40.